The van der Waals surface area contributed by atoms with Crippen molar-refractivity contribution in [2.45, 2.75) is 39.3 Å². The van der Waals surface area contributed by atoms with Crippen molar-refractivity contribution in [1.82, 2.24) is 20.1 Å². The number of hydrogen-bond acceptors (Lipinski definition) is 4. The molecule has 0 saturated heterocycles. The van der Waals surface area contributed by atoms with Crippen LogP contribution in [0.2, 0.25) is 0 Å². The van der Waals surface area contributed by atoms with Crippen molar-refractivity contribution < 1.29 is 0 Å². The van der Waals surface area contributed by atoms with Crippen LogP contribution in [0.5, 0.6) is 0 Å². The molecular formula is C13H19BrN4S. The second kappa shape index (κ2) is 7.17. The number of nitrogens with one attached hydrogen (secondary N) is 1. The van der Waals surface area contributed by atoms with Gasteiger partial charge in [-0.2, -0.15) is 5.10 Å². The Labute approximate surface area is 126 Å². The van der Waals surface area contributed by atoms with Gasteiger partial charge in [-0.25, -0.2) is 4.98 Å². The van der Waals surface area contributed by atoms with Crippen molar-refractivity contribution in [3.05, 3.63) is 32.9 Å². The topological polar surface area (TPSA) is 42.7 Å². The summed E-state index contributed by atoms with van der Waals surface area (Å²) >= 11 is 5.16. The van der Waals surface area contributed by atoms with E-state index in [0.29, 0.717) is 6.04 Å². The highest BCUT2D eigenvalue weighted by molar-refractivity contribution is 9.10. The van der Waals surface area contributed by atoms with Crippen LogP contribution in [0.25, 0.3) is 0 Å². The van der Waals surface area contributed by atoms with E-state index in [2.05, 4.69) is 43.6 Å². The summed E-state index contributed by atoms with van der Waals surface area (Å²) in [6, 6.07) is 0.421. The summed E-state index contributed by atoms with van der Waals surface area (Å²) in [5.74, 6) is 0. The van der Waals surface area contributed by atoms with E-state index in [4.69, 9.17) is 0 Å². The van der Waals surface area contributed by atoms with E-state index in [1.165, 1.54) is 5.01 Å². The first kappa shape index (κ1) is 14.7. The van der Waals surface area contributed by atoms with E-state index in [1.807, 2.05) is 24.0 Å². The molecule has 0 aliphatic carbocycles. The van der Waals surface area contributed by atoms with E-state index >= 15 is 0 Å². The van der Waals surface area contributed by atoms with Crippen molar-refractivity contribution in [3.8, 4) is 0 Å². The zero-order chi connectivity index (χ0) is 13.7. The summed E-state index contributed by atoms with van der Waals surface area (Å²) in [5, 5.41) is 11.1. The molecule has 2 heterocycles. The summed E-state index contributed by atoms with van der Waals surface area (Å²) in [7, 11) is 0. The molecule has 2 rings (SSSR count). The molecule has 0 unspecified atom stereocenters. The van der Waals surface area contributed by atoms with Crippen LogP contribution in [0.4, 0.5) is 0 Å². The van der Waals surface area contributed by atoms with E-state index in [1.54, 1.807) is 11.3 Å². The Hall–Kier alpha value is -0.720. The largest absolute Gasteiger partial charge is 0.312 e. The van der Waals surface area contributed by atoms with Gasteiger partial charge in [0, 0.05) is 29.7 Å². The Morgan fingerprint density at radius 3 is 3.00 bits per heavy atom. The Kier molecular flexibility index (Phi) is 5.54. The molecule has 19 heavy (non-hydrogen) atoms. The Morgan fingerprint density at radius 1 is 1.53 bits per heavy atom. The molecule has 0 aromatic carbocycles. The first-order chi connectivity index (χ1) is 9.13. The average molecular weight is 343 g/mol. The third-order valence-electron chi connectivity index (χ3n) is 2.79. The molecule has 1 atom stereocenters. The molecule has 0 radical (unpaired) electrons. The van der Waals surface area contributed by atoms with Crippen molar-refractivity contribution in [2.75, 3.05) is 6.54 Å². The fourth-order valence-corrected chi connectivity index (χ4v) is 3.04. The minimum Gasteiger partial charge on any atom is -0.312 e. The Morgan fingerprint density at radius 2 is 2.37 bits per heavy atom. The van der Waals surface area contributed by atoms with Gasteiger partial charge >= 0.3 is 0 Å². The number of aryl methyl sites for hydroxylation is 2. The predicted octanol–water partition coefficient (Wildman–Crippen LogP) is 3.02. The number of thiazole rings is 1. The maximum atomic E-state index is 4.47. The van der Waals surface area contributed by atoms with Crippen LogP contribution in [-0.4, -0.2) is 27.4 Å². The number of nitrogens with zero attached hydrogens (tertiary/aromatic N) is 3. The highest BCUT2D eigenvalue weighted by Gasteiger charge is 2.04. The van der Waals surface area contributed by atoms with Gasteiger partial charge in [0.2, 0.25) is 0 Å². The lowest BCUT2D eigenvalue weighted by atomic mass is 10.3. The highest BCUT2D eigenvalue weighted by Crippen LogP contribution is 2.10. The summed E-state index contributed by atoms with van der Waals surface area (Å²) < 4.78 is 2.98. The molecule has 0 aliphatic rings. The Balaban J connectivity index is 1.62. The van der Waals surface area contributed by atoms with Gasteiger partial charge in [0.25, 0.3) is 0 Å². The van der Waals surface area contributed by atoms with Crippen molar-refractivity contribution in [2.24, 2.45) is 0 Å². The second-order valence-corrected chi connectivity index (χ2v) is 6.58. The van der Waals surface area contributed by atoms with Gasteiger partial charge in [0.05, 0.1) is 22.2 Å². The Bertz CT molecular complexity index is 508. The molecule has 104 valence electrons. The number of halogens is 1. The SMILES string of the molecule is Cc1csc(CCCN[C@H](C)Cn2cc(Br)cn2)n1. The zero-order valence-corrected chi connectivity index (χ0v) is 13.7. The van der Waals surface area contributed by atoms with Crippen LogP contribution in [0.3, 0.4) is 0 Å². The third-order valence-corrected chi connectivity index (χ3v) is 4.23. The zero-order valence-electron chi connectivity index (χ0n) is 11.3. The van der Waals surface area contributed by atoms with Crippen molar-refractivity contribution in [1.29, 1.82) is 0 Å². The summed E-state index contributed by atoms with van der Waals surface area (Å²) in [4.78, 5) is 4.47. The molecule has 0 spiro atoms. The lowest BCUT2D eigenvalue weighted by molar-refractivity contribution is 0.448. The monoisotopic (exact) mass is 342 g/mol. The van der Waals surface area contributed by atoms with Crippen LogP contribution in [0.15, 0.2) is 22.2 Å². The van der Waals surface area contributed by atoms with Crippen LogP contribution in [0, 0.1) is 6.92 Å². The van der Waals surface area contributed by atoms with Crippen LogP contribution in [0.1, 0.15) is 24.0 Å². The van der Waals surface area contributed by atoms with E-state index in [0.717, 1.165) is 36.1 Å². The quantitative estimate of drug-likeness (QED) is 0.786. The smallest absolute Gasteiger partial charge is 0.0928 e. The molecule has 1 N–H and O–H groups in total. The maximum absolute atomic E-state index is 4.47. The molecule has 0 amide bonds. The lowest BCUT2D eigenvalue weighted by Crippen LogP contribution is -2.31. The minimum absolute atomic E-state index is 0.421. The molecule has 0 bridgehead atoms. The molecule has 0 aliphatic heterocycles. The van der Waals surface area contributed by atoms with Crippen LogP contribution >= 0.6 is 27.3 Å². The van der Waals surface area contributed by atoms with Gasteiger partial charge in [-0.1, -0.05) is 0 Å². The molecule has 2 aromatic rings. The first-order valence-electron chi connectivity index (χ1n) is 6.46. The van der Waals surface area contributed by atoms with Gasteiger partial charge in [-0.15, -0.1) is 11.3 Å². The van der Waals surface area contributed by atoms with Gasteiger partial charge in [0.1, 0.15) is 0 Å². The van der Waals surface area contributed by atoms with Gasteiger partial charge in [-0.05, 0) is 42.7 Å². The predicted molar refractivity (Wildman–Crippen MR) is 82.6 cm³/mol. The molecule has 0 saturated carbocycles. The second-order valence-electron chi connectivity index (χ2n) is 4.72. The average Bonchev–Trinajstić information content (AvgIpc) is 2.94. The number of aromatic nitrogens is 3. The molecular weight excluding hydrogens is 324 g/mol. The van der Waals surface area contributed by atoms with E-state index in [-0.39, 0.29) is 0 Å². The van der Waals surface area contributed by atoms with E-state index in [9.17, 15) is 0 Å². The van der Waals surface area contributed by atoms with Gasteiger partial charge in [0.15, 0.2) is 0 Å². The standard InChI is InChI=1S/C13H19BrN4S/c1-10(7-18-8-12(14)6-16-18)15-5-3-4-13-17-11(2)9-19-13/h6,8-10,15H,3-5,7H2,1-2H3/t10-/m1/s1. The lowest BCUT2D eigenvalue weighted by Gasteiger charge is -2.13. The number of rotatable bonds is 7. The van der Waals surface area contributed by atoms with Gasteiger partial charge in [-0.3, -0.25) is 4.68 Å². The first-order valence-corrected chi connectivity index (χ1v) is 8.13. The van der Waals surface area contributed by atoms with Gasteiger partial charge < -0.3 is 5.32 Å². The van der Waals surface area contributed by atoms with Crippen molar-refractivity contribution in [3.63, 3.8) is 0 Å². The summed E-state index contributed by atoms with van der Waals surface area (Å²) in [6.45, 7) is 6.13. The molecule has 6 heteroatoms. The fraction of sp³-hybridized carbons (Fsp3) is 0.538. The highest BCUT2D eigenvalue weighted by atomic mass is 79.9. The molecule has 0 fully saturated rings. The molecule has 2 aromatic heterocycles. The normalized spacial score (nSPS) is 12.8. The number of hydrogen-bond donors (Lipinski definition) is 1. The fourth-order valence-electron chi connectivity index (χ4n) is 1.89. The maximum Gasteiger partial charge on any atom is 0.0928 e. The van der Waals surface area contributed by atoms with Crippen molar-refractivity contribution >= 4 is 27.3 Å². The summed E-state index contributed by atoms with van der Waals surface area (Å²) in [5.41, 5.74) is 1.13. The minimum atomic E-state index is 0.421. The van der Waals surface area contributed by atoms with Crippen LogP contribution < -0.4 is 5.32 Å². The van der Waals surface area contributed by atoms with Crippen LogP contribution in [-0.2, 0) is 13.0 Å². The molecule has 4 nitrogen and oxygen atoms in total. The third kappa shape index (κ3) is 5.04. The van der Waals surface area contributed by atoms with E-state index < -0.39 is 0 Å². The summed E-state index contributed by atoms with van der Waals surface area (Å²) in [6.07, 6.45) is 6.00.